The van der Waals surface area contributed by atoms with Crippen LogP contribution in [-0.4, -0.2) is 47.1 Å². The van der Waals surface area contributed by atoms with Crippen LogP contribution in [0.1, 0.15) is 12.0 Å². The number of hydrogen-bond donors (Lipinski definition) is 0. The van der Waals surface area contributed by atoms with E-state index < -0.39 is 0 Å². The van der Waals surface area contributed by atoms with E-state index in [0.29, 0.717) is 6.79 Å². The number of hydrogen-bond acceptors (Lipinski definition) is 6. The molecule has 2 heterocycles. The molecule has 0 aliphatic carbocycles. The van der Waals surface area contributed by atoms with Gasteiger partial charge in [-0.25, -0.2) is 0 Å². The lowest BCUT2D eigenvalue weighted by atomic mass is 10.2. The molecule has 7 heteroatoms. The highest BCUT2D eigenvalue weighted by Crippen LogP contribution is 2.30. The molecule has 4 rings (SSSR count). The molecule has 0 N–H and O–H groups in total. The Kier molecular flexibility index (Phi) is 5.95. The van der Waals surface area contributed by atoms with Crippen LogP contribution >= 0.6 is 11.8 Å². The Morgan fingerprint density at radius 2 is 2.04 bits per heavy atom. The normalized spacial score (nSPS) is 16.9. The van der Waals surface area contributed by atoms with Crippen molar-refractivity contribution < 1.29 is 14.2 Å². The lowest BCUT2D eigenvalue weighted by Crippen LogP contribution is -2.25. The minimum Gasteiger partial charge on any atom is -0.497 e. The van der Waals surface area contributed by atoms with Gasteiger partial charge in [0.15, 0.2) is 11.0 Å². The molecule has 28 heavy (non-hydrogen) atoms. The number of methoxy groups -OCH3 is 1. The minimum absolute atomic E-state index is 0.169. The second-order valence-corrected chi connectivity index (χ2v) is 7.61. The highest BCUT2D eigenvalue weighted by atomic mass is 32.2. The first-order valence-corrected chi connectivity index (χ1v) is 10.2. The Hall–Kier alpha value is -2.35. The fourth-order valence-corrected chi connectivity index (χ4v) is 4.06. The quantitative estimate of drug-likeness (QED) is 0.584. The third-order valence-electron chi connectivity index (χ3n) is 4.62. The maximum atomic E-state index is 5.67. The topological polar surface area (TPSA) is 58.4 Å². The van der Waals surface area contributed by atoms with E-state index in [0.717, 1.165) is 46.8 Å². The molecule has 0 saturated carbocycles. The van der Waals surface area contributed by atoms with Crippen LogP contribution in [0.5, 0.6) is 5.75 Å². The summed E-state index contributed by atoms with van der Waals surface area (Å²) in [6.07, 6.45) is 1.07. The molecule has 146 valence electrons. The monoisotopic (exact) mass is 397 g/mol. The van der Waals surface area contributed by atoms with Gasteiger partial charge in [0.2, 0.25) is 0 Å². The van der Waals surface area contributed by atoms with Crippen molar-refractivity contribution in [2.45, 2.75) is 24.6 Å². The summed E-state index contributed by atoms with van der Waals surface area (Å²) in [7, 11) is 1.67. The van der Waals surface area contributed by atoms with E-state index in [4.69, 9.17) is 14.2 Å². The molecule has 3 aromatic rings. The van der Waals surface area contributed by atoms with Crippen molar-refractivity contribution in [3.8, 4) is 22.8 Å². The maximum absolute atomic E-state index is 5.67. The molecular weight excluding hydrogens is 374 g/mol. The molecule has 1 atom stereocenters. The fourth-order valence-electron chi connectivity index (χ4n) is 3.04. The van der Waals surface area contributed by atoms with Gasteiger partial charge >= 0.3 is 0 Å². The number of aryl methyl sites for hydroxylation is 1. The number of ether oxygens (including phenoxy) is 3. The highest BCUT2D eigenvalue weighted by Gasteiger charge is 2.20. The molecule has 6 nitrogen and oxygen atoms in total. The summed E-state index contributed by atoms with van der Waals surface area (Å²) in [5.74, 6) is 2.39. The summed E-state index contributed by atoms with van der Waals surface area (Å²) in [6.45, 7) is 3.19. The number of rotatable bonds is 6. The molecule has 1 aromatic heterocycles. The third kappa shape index (κ3) is 4.22. The van der Waals surface area contributed by atoms with Crippen LogP contribution in [0.4, 0.5) is 0 Å². The van der Waals surface area contributed by atoms with Gasteiger partial charge < -0.3 is 14.2 Å². The fraction of sp³-hybridized carbons (Fsp3) is 0.333. The Balaban J connectivity index is 1.69. The van der Waals surface area contributed by atoms with Crippen molar-refractivity contribution in [2.24, 2.45) is 0 Å². The Morgan fingerprint density at radius 1 is 1.18 bits per heavy atom. The molecule has 1 saturated heterocycles. The van der Waals surface area contributed by atoms with Crippen LogP contribution in [0.3, 0.4) is 0 Å². The van der Waals surface area contributed by atoms with Gasteiger partial charge in [-0.05, 0) is 37.6 Å². The van der Waals surface area contributed by atoms with Crippen LogP contribution < -0.4 is 4.74 Å². The predicted octanol–water partition coefficient (Wildman–Crippen LogP) is 4.11. The first-order valence-electron chi connectivity index (χ1n) is 9.23. The summed E-state index contributed by atoms with van der Waals surface area (Å²) in [5, 5.41) is 9.82. The second-order valence-electron chi connectivity index (χ2n) is 6.62. The van der Waals surface area contributed by atoms with Crippen LogP contribution in [0.15, 0.2) is 53.7 Å². The van der Waals surface area contributed by atoms with E-state index in [-0.39, 0.29) is 6.10 Å². The molecule has 0 radical (unpaired) electrons. The Morgan fingerprint density at radius 3 is 2.79 bits per heavy atom. The molecular formula is C21H23N3O3S. The van der Waals surface area contributed by atoms with Crippen molar-refractivity contribution in [3.05, 3.63) is 54.1 Å². The van der Waals surface area contributed by atoms with Crippen molar-refractivity contribution in [1.82, 2.24) is 14.8 Å². The minimum atomic E-state index is 0.169. The first kappa shape index (κ1) is 19.0. The largest absolute Gasteiger partial charge is 0.497 e. The highest BCUT2D eigenvalue weighted by molar-refractivity contribution is 7.99. The van der Waals surface area contributed by atoms with Crippen LogP contribution in [0.25, 0.3) is 17.1 Å². The molecule has 2 aromatic carbocycles. The van der Waals surface area contributed by atoms with E-state index in [2.05, 4.69) is 46.0 Å². The third-order valence-corrected chi connectivity index (χ3v) is 5.68. The molecule has 0 unspecified atom stereocenters. The molecule has 0 spiro atoms. The smallest absolute Gasteiger partial charge is 0.196 e. The predicted molar refractivity (Wildman–Crippen MR) is 109 cm³/mol. The first-order chi connectivity index (χ1) is 13.7. The molecule has 1 aliphatic rings. The van der Waals surface area contributed by atoms with Crippen LogP contribution in [0.2, 0.25) is 0 Å². The zero-order valence-corrected chi connectivity index (χ0v) is 16.8. The van der Waals surface area contributed by atoms with E-state index in [1.165, 1.54) is 5.56 Å². The second kappa shape index (κ2) is 8.77. The summed E-state index contributed by atoms with van der Waals surface area (Å²) in [4.78, 5) is 0. The van der Waals surface area contributed by atoms with Gasteiger partial charge in [0.05, 0.1) is 19.8 Å². The zero-order chi connectivity index (χ0) is 19.3. The molecule has 1 aliphatic heterocycles. The average molecular weight is 398 g/mol. The number of benzene rings is 2. The number of nitrogens with zero attached hydrogens (tertiary/aromatic N) is 3. The van der Waals surface area contributed by atoms with Gasteiger partial charge in [0.25, 0.3) is 0 Å². The van der Waals surface area contributed by atoms with Gasteiger partial charge in [0.1, 0.15) is 12.5 Å². The lowest BCUT2D eigenvalue weighted by Gasteiger charge is -2.22. The number of thioether (sulfide) groups is 1. The Labute approximate surface area is 168 Å². The van der Waals surface area contributed by atoms with Gasteiger partial charge in [-0.1, -0.05) is 41.6 Å². The van der Waals surface area contributed by atoms with Crippen molar-refractivity contribution in [3.63, 3.8) is 0 Å². The number of aromatic nitrogens is 3. The van der Waals surface area contributed by atoms with E-state index in [9.17, 15) is 0 Å². The Bertz CT molecular complexity index is 921. The van der Waals surface area contributed by atoms with Crippen molar-refractivity contribution in [1.29, 1.82) is 0 Å². The molecule has 1 fully saturated rings. The molecule has 0 bridgehead atoms. The zero-order valence-electron chi connectivity index (χ0n) is 16.0. The van der Waals surface area contributed by atoms with Crippen molar-refractivity contribution in [2.75, 3.05) is 26.3 Å². The average Bonchev–Trinajstić information content (AvgIpc) is 3.17. The van der Waals surface area contributed by atoms with Crippen LogP contribution in [-0.2, 0) is 9.47 Å². The lowest BCUT2D eigenvalue weighted by molar-refractivity contribution is -0.130. The molecule has 0 amide bonds. The summed E-state index contributed by atoms with van der Waals surface area (Å²) < 4.78 is 18.4. The summed E-state index contributed by atoms with van der Waals surface area (Å²) >= 11 is 1.66. The van der Waals surface area contributed by atoms with Gasteiger partial charge in [-0.15, -0.1) is 10.2 Å². The summed E-state index contributed by atoms with van der Waals surface area (Å²) in [6, 6.07) is 16.3. The van der Waals surface area contributed by atoms with E-state index in [1.54, 1.807) is 18.9 Å². The van der Waals surface area contributed by atoms with E-state index in [1.807, 2.05) is 24.3 Å². The van der Waals surface area contributed by atoms with Crippen molar-refractivity contribution >= 4 is 11.8 Å². The van der Waals surface area contributed by atoms with Gasteiger partial charge in [0, 0.05) is 17.0 Å². The van der Waals surface area contributed by atoms with Gasteiger partial charge in [-0.3, -0.25) is 4.57 Å². The SMILES string of the molecule is COc1cccc(-c2nnc(SC[C@@H]3CCOCO3)n2-c2ccc(C)cc2)c1. The summed E-state index contributed by atoms with van der Waals surface area (Å²) in [5.41, 5.74) is 3.20. The maximum Gasteiger partial charge on any atom is 0.196 e. The standard InChI is InChI=1S/C21H23N3O3S/c1-15-6-8-17(9-7-15)24-20(16-4-3-5-18(12-16)25-2)22-23-21(24)28-13-19-10-11-26-14-27-19/h3-9,12,19H,10-11,13-14H2,1-2H3/t19-/m0/s1. The van der Waals surface area contributed by atoms with Crippen LogP contribution in [0, 0.1) is 6.92 Å². The van der Waals surface area contributed by atoms with E-state index >= 15 is 0 Å². The van der Waals surface area contributed by atoms with Gasteiger partial charge in [-0.2, -0.15) is 0 Å².